The van der Waals surface area contributed by atoms with Crippen LogP contribution in [0.4, 0.5) is 11.6 Å². The molecule has 0 aliphatic heterocycles. The lowest BCUT2D eigenvalue weighted by Crippen LogP contribution is -2.16. The Kier molecular flexibility index (Phi) is 4.66. The van der Waals surface area contributed by atoms with Crippen molar-refractivity contribution in [1.82, 2.24) is 9.97 Å². The van der Waals surface area contributed by atoms with Crippen molar-refractivity contribution in [3.8, 4) is 0 Å². The standard InChI is InChI=1S/C16H18N4O/c1-4-9-17-16-18-12(3)10-14(20-16)15(21)19-13-7-5-11(2)6-8-13/h4-8,10H,1,9H2,2-3H3,(H,19,21)(H,17,18,20). The van der Waals surface area contributed by atoms with Gasteiger partial charge in [-0.1, -0.05) is 23.8 Å². The van der Waals surface area contributed by atoms with Crippen LogP contribution in [-0.4, -0.2) is 22.4 Å². The van der Waals surface area contributed by atoms with E-state index >= 15 is 0 Å². The highest BCUT2D eigenvalue weighted by Crippen LogP contribution is 2.11. The van der Waals surface area contributed by atoms with Gasteiger partial charge in [0, 0.05) is 17.9 Å². The smallest absolute Gasteiger partial charge is 0.274 e. The summed E-state index contributed by atoms with van der Waals surface area (Å²) >= 11 is 0. The molecule has 1 aromatic heterocycles. The first-order valence-electron chi connectivity index (χ1n) is 6.67. The van der Waals surface area contributed by atoms with E-state index in [1.54, 1.807) is 12.1 Å². The Bertz CT molecular complexity index is 650. The summed E-state index contributed by atoms with van der Waals surface area (Å²) in [6.07, 6.45) is 1.71. The zero-order valence-corrected chi connectivity index (χ0v) is 12.2. The van der Waals surface area contributed by atoms with E-state index in [4.69, 9.17) is 0 Å². The molecule has 5 nitrogen and oxygen atoms in total. The SMILES string of the molecule is C=CCNc1nc(C)cc(C(=O)Nc2ccc(C)cc2)n1. The molecule has 2 rings (SSSR count). The Balaban J connectivity index is 2.16. The molecule has 2 aromatic rings. The van der Waals surface area contributed by atoms with Crippen molar-refractivity contribution in [2.24, 2.45) is 0 Å². The second kappa shape index (κ2) is 6.65. The van der Waals surface area contributed by atoms with Crippen molar-refractivity contribution < 1.29 is 4.79 Å². The maximum atomic E-state index is 12.2. The van der Waals surface area contributed by atoms with Gasteiger partial charge in [-0.3, -0.25) is 4.79 Å². The summed E-state index contributed by atoms with van der Waals surface area (Å²) in [6.45, 7) is 7.99. The molecule has 1 aromatic carbocycles. The Morgan fingerprint density at radius 2 is 1.95 bits per heavy atom. The van der Waals surface area contributed by atoms with Gasteiger partial charge >= 0.3 is 0 Å². The second-order valence-corrected chi connectivity index (χ2v) is 4.71. The number of rotatable bonds is 5. The summed E-state index contributed by atoms with van der Waals surface area (Å²) in [4.78, 5) is 20.7. The molecule has 0 unspecified atom stereocenters. The molecule has 108 valence electrons. The van der Waals surface area contributed by atoms with Crippen molar-refractivity contribution in [2.45, 2.75) is 13.8 Å². The first kappa shape index (κ1) is 14.7. The van der Waals surface area contributed by atoms with Crippen LogP contribution in [0, 0.1) is 13.8 Å². The van der Waals surface area contributed by atoms with Crippen LogP contribution in [-0.2, 0) is 0 Å². The fourth-order valence-corrected chi connectivity index (χ4v) is 1.76. The van der Waals surface area contributed by atoms with Crippen LogP contribution in [0.25, 0.3) is 0 Å². The molecule has 0 aliphatic carbocycles. The van der Waals surface area contributed by atoms with E-state index in [-0.39, 0.29) is 5.91 Å². The number of benzene rings is 1. The molecule has 0 saturated carbocycles. The van der Waals surface area contributed by atoms with Crippen LogP contribution in [0.5, 0.6) is 0 Å². The quantitative estimate of drug-likeness (QED) is 0.827. The van der Waals surface area contributed by atoms with E-state index in [2.05, 4.69) is 27.2 Å². The highest BCUT2D eigenvalue weighted by Gasteiger charge is 2.10. The number of amides is 1. The number of hydrogen-bond donors (Lipinski definition) is 2. The van der Waals surface area contributed by atoms with E-state index in [9.17, 15) is 4.79 Å². The van der Waals surface area contributed by atoms with Gasteiger partial charge < -0.3 is 10.6 Å². The van der Waals surface area contributed by atoms with Gasteiger partial charge in [0.1, 0.15) is 5.69 Å². The predicted octanol–water partition coefficient (Wildman–Crippen LogP) is 2.94. The van der Waals surface area contributed by atoms with Crippen LogP contribution in [0.1, 0.15) is 21.7 Å². The van der Waals surface area contributed by atoms with Crippen molar-refractivity contribution >= 4 is 17.5 Å². The Labute approximate surface area is 124 Å². The third-order valence-corrected chi connectivity index (χ3v) is 2.80. The third-order valence-electron chi connectivity index (χ3n) is 2.80. The summed E-state index contributed by atoms with van der Waals surface area (Å²) in [5, 5.41) is 5.80. The average molecular weight is 282 g/mol. The number of nitrogens with zero attached hydrogens (tertiary/aromatic N) is 2. The molecule has 1 heterocycles. The zero-order chi connectivity index (χ0) is 15.2. The predicted molar refractivity (Wildman–Crippen MR) is 84.6 cm³/mol. The van der Waals surface area contributed by atoms with Crippen LogP contribution in [0.3, 0.4) is 0 Å². The molecule has 0 atom stereocenters. The number of nitrogens with one attached hydrogen (secondary N) is 2. The molecule has 21 heavy (non-hydrogen) atoms. The fourth-order valence-electron chi connectivity index (χ4n) is 1.76. The van der Waals surface area contributed by atoms with E-state index in [0.717, 1.165) is 16.9 Å². The Hall–Kier alpha value is -2.69. The van der Waals surface area contributed by atoms with Gasteiger partial charge in [-0.25, -0.2) is 9.97 Å². The van der Waals surface area contributed by atoms with Crippen LogP contribution in [0.2, 0.25) is 0 Å². The summed E-state index contributed by atoms with van der Waals surface area (Å²) in [7, 11) is 0. The van der Waals surface area contributed by atoms with Gasteiger partial charge in [-0.2, -0.15) is 0 Å². The van der Waals surface area contributed by atoms with Crippen LogP contribution in [0.15, 0.2) is 43.0 Å². The topological polar surface area (TPSA) is 66.9 Å². The number of carbonyl (C=O) groups is 1. The molecule has 0 saturated heterocycles. The molecular weight excluding hydrogens is 264 g/mol. The molecule has 0 spiro atoms. The van der Waals surface area contributed by atoms with Crippen LogP contribution >= 0.6 is 0 Å². The van der Waals surface area contributed by atoms with Crippen molar-refractivity contribution in [2.75, 3.05) is 17.2 Å². The molecule has 0 fully saturated rings. The minimum Gasteiger partial charge on any atom is -0.351 e. The number of aryl methyl sites for hydroxylation is 2. The zero-order valence-electron chi connectivity index (χ0n) is 12.2. The lowest BCUT2D eigenvalue weighted by atomic mass is 10.2. The Morgan fingerprint density at radius 3 is 2.62 bits per heavy atom. The lowest BCUT2D eigenvalue weighted by Gasteiger charge is -2.08. The van der Waals surface area contributed by atoms with Crippen LogP contribution < -0.4 is 10.6 Å². The monoisotopic (exact) mass is 282 g/mol. The van der Waals surface area contributed by atoms with Gasteiger partial charge in [0.05, 0.1) is 0 Å². The summed E-state index contributed by atoms with van der Waals surface area (Å²) in [6, 6.07) is 9.26. The molecule has 0 bridgehead atoms. The number of hydrogen-bond acceptors (Lipinski definition) is 4. The maximum Gasteiger partial charge on any atom is 0.274 e. The first-order valence-corrected chi connectivity index (χ1v) is 6.67. The van der Waals surface area contributed by atoms with Crippen molar-refractivity contribution in [3.05, 3.63) is 59.9 Å². The first-order chi connectivity index (χ1) is 10.1. The third kappa shape index (κ3) is 4.14. The van der Waals surface area contributed by atoms with E-state index in [1.807, 2.05) is 38.1 Å². The lowest BCUT2D eigenvalue weighted by molar-refractivity contribution is 0.102. The number of anilines is 2. The summed E-state index contributed by atoms with van der Waals surface area (Å²) in [5.41, 5.74) is 2.93. The highest BCUT2D eigenvalue weighted by atomic mass is 16.1. The van der Waals surface area contributed by atoms with Crippen molar-refractivity contribution in [1.29, 1.82) is 0 Å². The number of aromatic nitrogens is 2. The van der Waals surface area contributed by atoms with Gasteiger partial charge in [0.25, 0.3) is 5.91 Å². The van der Waals surface area contributed by atoms with Gasteiger partial charge in [0.15, 0.2) is 0 Å². The molecular formula is C16H18N4O. The number of carbonyl (C=O) groups excluding carboxylic acids is 1. The van der Waals surface area contributed by atoms with E-state index < -0.39 is 0 Å². The van der Waals surface area contributed by atoms with Gasteiger partial charge in [0.2, 0.25) is 5.95 Å². The minimum absolute atomic E-state index is 0.258. The van der Waals surface area contributed by atoms with Crippen molar-refractivity contribution in [3.63, 3.8) is 0 Å². The van der Waals surface area contributed by atoms with E-state index in [1.165, 1.54) is 0 Å². The fraction of sp³-hybridized carbons (Fsp3) is 0.188. The van der Waals surface area contributed by atoms with Gasteiger partial charge in [-0.15, -0.1) is 6.58 Å². The molecule has 0 radical (unpaired) electrons. The largest absolute Gasteiger partial charge is 0.351 e. The molecule has 5 heteroatoms. The summed E-state index contributed by atoms with van der Waals surface area (Å²) in [5.74, 6) is 0.162. The maximum absolute atomic E-state index is 12.2. The second-order valence-electron chi connectivity index (χ2n) is 4.71. The Morgan fingerprint density at radius 1 is 1.24 bits per heavy atom. The molecule has 1 amide bonds. The normalized spacial score (nSPS) is 10.0. The molecule has 2 N–H and O–H groups in total. The highest BCUT2D eigenvalue weighted by molar-refractivity contribution is 6.03. The summed E-state index contributed by atoms with van der Waals surface area (Å²) < 4.78 is 0. The minimum atomic E-state index is -0.258. The molecule has 0 aliphatic rings. The average Bonchev–Trinajstić information content (AvgIpc) is 2.47. The van der Waals surface area contributed by atoms with Gasteiger partial charge in [-0.05, 0) is 32.0 Å². The van der Waals surface area contributed by atoms with E-state index in [0.29, 0.717) is 18.2 Å².